The minimum atomic E-state index is -0.637. The van der Waals surface area contributed by atoms with Crippen LogP contribution in [-0.2, 0) is 0 Å². The molecule has 0 N–H and O–H groups in total. The van der Waals surface area contributed by atoms with Crippen LogP contribution < -0.4 is 14.2 Å². The maximum atomic E-state index is 13.4. The molecular formula is C33H34O6. The van der Waals surface area contributed by atoms with Gasteiger partial charge in [0.2, 0.25) is 0 Å². The Morgan fingerprint density at radius 2 is 1.41 bits per heavy atom. The van der Waals surface area contributed by atoms with Gasteiger partial charge in [-0.1, -0.05) is 61.9 Å². The van der Waals surface area contributed by atoms with Crippen LogP contribution >= 0.6 is 0 Å². The van der Waals surface area contributed by atoms with E-state index in [1.54, 1.807) is 66.7 Å². The van der Waals surface area contributed by atoms with Gasteiger partial charge in [-0.3, -0.25) is 4.79 Å². The summed E-state index contributed by atoms with van der Waals surface area (Å²) in [5.74, 6) is -0.876. The molecule has 6 nitrogen and oxygen atoms in total. The van der Waals surface area contributed by atoms with Crippen molar-refractivity contribution < 1.29 is 28.6 Å². The van der Waals surface area contributed by atoms with Crippen LogP contribution in [0.4, 0.5) is 0 Å². The number of benzene rings is 3. The van der Waals surface area contributed by atoms with E-state index >= 15 is 0 Å². The van der Waals surface area contributed by atoms with Crippen LogP contribution in [0.3, 0.4) is 0 Å². The number of carbonyl (C=O) groups is 3. The van der Waals surface area contributed by atoms with Gasteiger partial charge < -0.3 is 14.2 Å². The second kappa shape index (κ2) is 12.1. The van der Waals surface area contributed by atoms with Crippen LogP contribution in [0.25, 0.3) is 0 Å². The van der Waals surface area contributed by atoms with Crippen molar-refractivity contribution in [3.05, 3.63) is 101 Å². The molecule has 0 bridgehead atoms. The summed E-state index contributed by atoms with van der Waals surface area (Å²) >= 11 is 0. The van der Waals surface area contributed by atoms with Crippen molar-refractivity contribution in [1.29, 1.82) is 0 Å². The van der Waals surface area contributed by atoms with E-state index in [1.807, 2.05) is 0 Å². The Labute approximate surface area is 229 Å². The van der Waals surface area contributed by atoms with Crippen molar-refractivity contribution >= 4 is 17.7 Å². The summed E-state index contributed by atoms with van der Waals surface area (Å²) in [7, 11) is 1.52. The van der Waals surface area contributed by atoms with Gasteiger partial charge in [0.25, 0.3) is 0 Å². The van der Waals surface area contributed by atoms with Crippen LogP contribution in [0.1, 0.15) is 83.1 Å². The Balaban J connectivity index is 1.95. The summed E-state index contributed by atoms with van der Waals surface area (Å²) in [5.41, 5.74) is 2.49. The second-order valence-electron chi connectivity index (χ2n) is 10.2. The molecule has 0 amide bonds. The average molecular weight is 527 g/mol. The molecule has 2 atom stereocenters. The SMILES string of the molecule is COc1cc(OC(=O)c2ccccc2)c(C(C)=O)c(OC(=O)c2ccccc2)c1[C@H]1C=C(C)CC[C@@H]1C(C)C. The van der Waals surface area contributed by atoms with Crippen molar-refractivity contribution in [3.8, 4) is 17.2 Å². The lowest BCUT2D eigenvalue weighted by Gasteiger charge is -2.35. The lowest BCUT2D eigenvalue weighted by molar-refractivity contribution is 0.0725. The zero-order valence-corrected chi connectivity index (χ0v) is 23.0. The fraction of sp³-hybridized carbons (Fsp3) is 0.303. The van der Waals surface area contributed by atoms with Crippen LogP contribution in [0, 0.1) is 11.8 Å². The Bertz CT molecular complexity index is 1390. The second-order valence-corrected chi connectivity index (χ2v) is 10.2. The molecule has 6 heteroatoms. The molecule has 0 saturated carbocycles. The van der Waals surface area contributed by atoms with E-state index in [-0.39, 0.29) is 28.9 Å². The highest BCUT2D eigenvalue weighted by atomic mass is 16.5. The van der Waals surface area contributed by atoms with Gasteiger partial charge in [0, 0.05) is 17.5 Å². The standard InChI is InChI=1S/C33H34O6/c1-20(2)25-17-16-21(3)18-26(25)30-27(37-5)19-28(38-32(35)23-12-8-6-9-13-23)29(22(4)34)31(30)39-33(36)24-14-10-7-11-15-24/h6-15,18-20,25-26H,16-17H2,1-5H3/t25-,26+/m1/s1. The molecule has 3 aromatic carbocycles. The first-order chi connectivity index (χ1) is 18.7. The highest BCUT2D eigenvalue weighted by molar-refractivity contribution is 6.04. The van der Waals surface area contributed by atoms with Crippen molar-refractivity contribution in [3.63, 3.8) is 0 Å². The van der Waals surface area contributed by atoms with E-state index in [0.29, 0.717) is 28.4 Å². The van der Waals surface area contributed by atoms with Crippen molar-refractivity contribution in [2.24, 2.45) is 11.8 Å². The topological polar surface area (TPSA) is 78.9 Å². The lowest BCUT2D eigenvalue weighted by Crippen LogP contribution is -2.24. The summed E-state index contributed by atoms with van der Waals surface area (Å²) in [6.45, 7) is 7.77. The highest BCUT2D eigenvalue weighted by Crippen LogP contribution is 2.50. The van der Waals surface area contributed by atoms with Gasteiger partial charge in [-0.15, -0.1) is 0 Å². The number of allylic oxidation sites excluding steroid dienone is 2. The fourth-order valence-electron chi connectivity index (χ4n) is 5.22. The van der Waals surface area contributed by atoms with Gasteiger partial charge in [-0.25, -0.2) is 9.59 Å². The summed E-state index contributed by atoms with van der Waals surface area (Å²) in [6.07, 6.45) is 4.08. The van der Waals surface area contributed by atoms with Gasteiger partial charge in [0.05, 0.1) is 18.2 Å². The number of methoxy groups -OCH3 is 1. The van der Waals surface area contributed by atoms with Crippen molar-refractivity contribution in [2.45, 2.75) is 46.5 Å². The van der Waals surface area contributed by atoms with Crippen molar-refractivity contribution in [2.75, 3.05) is 7.11 Å². The van der Waals surface area contributed by atoms with Gasteiger partial charge in [0.15, 0.2) is 11.5 Å². The number of rotatable bonds is 8. The molecule has 0 aromatic heterocycles. The summed E-state index contributed by atoms with van der Waals surface area (Å²) < 4.78 is 17.6. The van der Waals surface area contributed by atoms with Crippen LogP contribution in [0.5, 0.6) is 17.2 Å². The molecule has 0 heterocycles. The minimum absolute atomic E-state index is 0.0228. The van der Waals surface area contributed by atoms with Gasteiger partial charge in [0.1, 0.15) is 17.1 Å². The van der Waals surface area contributed by atoms with E-state index in [2.05, 4.69) is 26.8 Å². The number of ketones is 1. The largest absolute Gasteiger partial charge is 0.496 e. The molecule has 202 valence electrons. The molecule has 3 aromatic rings. The quantitative estimate of drug-likeness (QED) is 0.131. The molecule has 4 rings (SSSR count). The Hall–Kier alpha value is -4.19. The smallest absolute Gasteiger partial charge is 0.343 e. The summed E-state index contributed by atoms with van der Waals surface area (Å²) in [4.78, 5) is 39.6. The van der Waals surface area contributed by atoms with Crippen LogP contribution in [0.15, 0.2) is 78.4 Å². The predicted molar refractivity (Wildman–Crippen MR) is 150 cm³/mol. The molecule has 0 saturated heterocycles. The first-order valence-corrected chi connectivity index (χ1v) is 13.2. The molecule has 0 unspecified atom stereocenters. The van der Waals surface area contributed by atoms with Gasteiger partial charge in [-0.05, 0) is 62.8 Å². The molecule has 39 heavy (non-hydrogen) atoms. The maximum Gasteiger partial charge on any atom is 0.343 e. The van der Waals surface area contributed by atoms with Crippen LogP contribution in [0.2, 0.25) is 0 Å². The predicted octanol–water partition coefficient (Wildman–Crippen LogP) is 7.43. The number of Topliss-reactive ketones (excluding diaryl/α,β-unsaturated/α-hetero) is 1. The molecule has 0 aliphatic heterocycles. The number of carbonyl (C=O) groups excluding carboxylic acids is 3. The summed E-state index contributed by atoms with van der Waals surface area (Å²) in [5, 5.41) is 0. The lowest BCUT2D eigenvalue weighted by atomic mass is 9.71. The van der Waals surface area contributed by atoms with E-state index < -0.39 is 17.7 Å². The third kappa shape index (κ3) is 6.11. The number of hydrogen-bond acceptors (Lipinski definition) is 6. The first kappa shape index (κ1) is 27.8. The fourth-order valence-corrected chi connectivity index (χ4v) is 5.22. The Morgan fingerprint density at radius 3 is 1.92 bits per heavy atom. The zero-order valence-electron chi connectivity index (χ0n) is 23.0. The van der Waals surface area contributed by atoms with E-state index in [4.69, 9.17) is 14.2 Å². The zero-order chi connectivity index (χ0) is 28.1. The first-order valence-electron chi connectivity index (χ1n) is 13.2. The number of esters is 2. The van der Waals surface area contributed by atoms with Crippen LogP contribution in [-0.4, -0.2) is 24.8 Å². The third-order valence-corrected chi connectivity index (χ3v) is 7.22. The van der Waals surface area contributed by atoms with E-state index in [0.717, 1.165) is 12.8 Å². The normalized spacial score (nSPS) is 16.8. The van der Waals surface area contributed by atoms with E-state index in [9.17, 15) is 14.4 Å². The summed E-state index contributed by atoms with van der Waals surface area (Å²) in [6, 6.07) is 18.6. The van der Waals surface area contributed by atoms with E-state index in [1.165, 1.54) is 19.6 Å². The van der Waals surface area contributed by atoms with Gasteiger partial charge >= 0.3 is 11.9 Å². The average Bonchev–Trinajstić information content (AvgIpc) is 2.93. The molecule has 0 spiro atoms. The number of ether oxygens (including phenoxy) is 3. The molecule has 0 radical (unpaired) electrons. The molecule has 1 aliphatic rings. The molecular weight excluding hydrogens is 492 g/mol. The maximum absolute atomic E-state index is 13.4. The highest BCUT2D eigenvalue weighted by Gasteiger charge is 2.36. The monoisotopic (exact) mass is 526 g/mol. The van der Waals surface area contributed by atoms with Gasteiger partial charge in [-0.2, -0.15) is 0 Å². The third-order valence-electron chi connectivity index (χ3n) is 7.22. The minimum Gasteiger partial charge on any atom is -0.496 e. The number of hydrogen-bond donors (Lipinski definition) is 0. The Kier molecular flexibility index (Phi) is 8.65. The van der Waals surface area contributed by atoms with Crippen molar-refractivity contribution in [1.82, 2.24) is 0 Å². The molecule has 0 fully saturated rings. The molecule has 1 aliphatic carbocycles. The Morgan fingerprint density at radius 1 is 0.846 bits per heavy atom.